The van der Waals surface area contributed by atoms with Gasteiger partial charge in [-0.25, -0.2) is 0 Å². The maximum absolute atomic E-state index is 12.3. The van der Waals surface area contributed by atoms with E-state index in [-0.39, 0.29) is 5.91 Å². The number of rotatable bonds is 4. The van der Waals surface area contributed by atoms with Crippen LogP contribution in [0.25, 0.3) is 10.9 Å². The number of carbonyl (C=O) groups excluding carboxylic acids is 1. The molecule has 1 aromatic heterocycles. The van der Waals surface area contributed by atoms with Gasteiger partial charge >= 0.3 is 0 Å². The lowest BCUT2D eigenvalue weighted by molar-refractivity contribution is -0.118. The van der Waals surface area contributed by atoms with Crippen LogP contribution in [0, 0.1) is 0 Å². The molecule has 1 aromatic carbocycles. The molecular formula is C16H18ClN3O3. The van der Waals surface area contributed by atoms with Crippen LogP contribution in [0.15, 0.2) is 24.4 Å². The average Bonchev–Trinajstić information content (AvgIpc) is 2.56. The summed E-state index contributed by atoms with van der Waals surface area (Å²) in [4.78, 5) is 18.6. The zero-order valence-electron chi connectivity index (χ0n) is 12.8. The smallest absolute Gasteiger partial charge is 0.238 e. The Hall–Kier alpha value is -1.89. The Bertz CT molecular complexity index is 717. The maximum Gasteiger partial charge on any atom is 0.238 e. The van der Waals surface area contributed by atoms with Gasteiger partial charge in [0.2, 0.25) is 5.91 Å². The lowest BCUT2D eigenvalue weighted by atomic mass is 10.2. The average molecular weight is 336 g/mol. The van der Waals surface area contributed by atoms with Gasteiger partial charge in [0.05, 0.1) is 43.1 Å². The van der Waals surface area contributed by atoms with Crippen molar-refractivity contribution in [2.24, 2.45) is 0 Å². The lowest BCUT2D eigenvalue weighted by Crippen LogP contribution is -2.41. The number of halogens is 1. The number of anilines is 1. The maximum atomic E-state index is 12.3. The van der Waals surface area contributed by atoms with Gasteiger partial charge < -0.3 is 14.8 Å². The number of carbonyl (C=O) groups is 1. The highest BCUT2D eigenvalue weighted by Gasteiger charge is 2.16. The number of morpholine rings is 1. The van der Waals surface area contributed by atoms with Crippen molar-refractivity contribution in [3.63, 3.8) is 0 Å². The Morgan fingerprint density at radius 2 is 2.22 bits per heavy atom. The predicted molar refractivity (Wildman–Crippen MR) is 89.2 cm³/mol. The molecule has 1 N–H and O–H groups in total. The monoisotopic (exact) mass is 335 g/mol. The number of hydrogen-bond donors (Lipinski definition) is 1. The van der Waals surface area contributed by atoms with E-state index in [1.807, 2.05) is 0 Å². The summed E-state index contributed by atoms with van der Waals surface area (Å²) >= 11 is 6.20. The zero-order chi connectivity index (χ0) is 16.2. The van der Waals surface area contributed by atoms with Gasteiger partial charge in [0.25, 0.3) is 0 Å². The van der Waals surface area contributed by atoms with Crippen LogP contribution in [0.5, 0.6) is 5.75 Å². The van der Waals surface area contributed by atoms with Gasteiger partial charge in [-0.2, -0.15) is 0 Å². The Balaban J connectivity index is 1.80. The molecule has 6 nitrogen and oxygen atoms in total. The standard InChI is InChI=1S/C16H18ClN3O3/c1-22-15-9-13-11(12(17)2-3-18-13)8-14(15)19-16(21)10-20-4-6-23-7-5-20/h2-3,8-9H,4-7,10H2,1H3,(H,19,21). The molecule has 0 bridgehead atoms. The molecule has 122 valence electrons. The van der Waals surface area contributed by atoms with E-state index in [1.165, 1.54) is 0 Å². The minimum absolute atomic E-state index is 0.0930. The predicted octanol–water partition coefficient (Wildman–Crippen LogP) is 2.17. The van der Waals surface area contributed by atoms with Crippen LogP contribution in [0.2, 0.25) is 5.02 Å². The highest BCUT2D eigenvalue weighted by molar-refractivity contribution is 6.35. The highest BCUT2D eigenvalue weighted by atomic mass is 35.5. The number of benzene rings is 1. The number of methoxy groups -OCH3 is 1. The van der Waals surface area contributed by atoms with Crippen molar-refractivity contribution in [1.82, 2.24) is 9.88 Å². The number of nitrogens with zero attached hydrogens (tertiary/aromatic N) is 2. The van der Waals surface area contributed by atoms with Crippen molar-refractivity contribution in [2.75, 3.05) is 45.3 Å². The molecule has 0 atom stereocenters. The van der Waals surface area contributed by atoms with Gasteiger partial charge in [-0.1, -0.05) is 11.6 Å². The largest absolute Gasteiger partial charge is 0.494 e. The minimum atomic E-state index is -0.0930. The normalized spacial score (nSPS) is 15.6. The summed E-state index contributed by atoms with van der Waals surface area (Å²) in [5.41, 5.74) is 1.31. The number of aromatic nitrogens is 1. The molecule has 2 aromatic rings. The summed E-state index contributed by atoms with van der Waals surface area (Å²) in [6.07, 6.45) is 1.64. The van der Waals surface area contributed by atoms with Crippen LogP contribution < -0.4 is 10.1 Å². The molecule has 0 radical (unpaired) electrons. The van der Waals surface area contributed by atoms with Crippen molar-refractivity contribution in [3.05, 3.63) is 29.4 Å². The third-order valence-corrected chi connectivity index (χ3v) is 4.08. The molecule has 0 saturated carbocycles. The number of amides is 1. The van der Waals surface area contributed by atoms with Gasteiger partial charge in [-0.15, -0.1) is 0 Å². The summed E-state index contributed by atoms with van der Waals surface area (Å²) in [7, 11) is 1.56. The first-order chi connectivity index (χ1) is 11.2. The summed E-state index contributed by atoms with van der Waals surface area (Å²) in [6.45, 7) is 3.17. The second kappa shape index (κ2) is 7.12. The van der Waals surface area contributed by atoms with E-state index in [9.17, 15) is 4.79 Å². The molecule has 1 aliphatic rings. The molecule has 0 aliphatic carbocycles. The Kier molecular flexibility index (Phi) is 4.95. The fourth-order valence-corrected chi connectivity index (χ4v) is 2.77. The molecule has 1 saturated heterocycles. The summed E-state index contributed by atoms with van der Waals surface area (Å²) in [5, 5.41) is 4.25. The SMILES string of the molecule is COc1cc2nccc(Cl)c2cc1NC(=O)CN1CCOCC1. The van der Waals surface area contributed by atoms with Crippen molar-refractivity contribution in [3.8, 4) is 5.75 Å². The van der Waals surface area contributed by atoms with E-state index in [2.05, 4.69) is 15.2 Å². The minimum Gasteiger partial charge on any atom is -0.494 e. The third-order valence-electron chi connectivity index (χ3n) is 3.75. The van der Waals surface area contributed by atoms with E-state index in [4.69, 9.17) is 21.1 Å². The van der Waals surface area contributed by atoms with Gasteiger partial charge in [0.15, 0.2) is 0 Å². The first kappa shape index (κ1) is 16.0. The van der Waals surface area contributed by atoms with Crippen LogP contribution in [-0.4, -0.2) is 55.7 Å². The van der Waals surface area contributed by atoms with Crippen LogP contribution >= 0.6 is 11.6 Å². The summed E-state index contributed by atoms with van der Waals surface area (Å²) < 4.78 is 10.6. The van der Waals surface area contributed by atoms with Gasteiger partial charge in [-0.05, 0) is 12.1 Å². The summed E-state index contributed by atoms with van der Waals surface area (Å²) in [5.74, 6) is 0.465. The number of hydrogen-bond acceptors (Lipinski definition) is 5. The van der Waals surface area contributed by atoms with Crippen LogP contribution in [0.1, 0.15) is 0 Å². The van der Waals surface area contributed by atoms with Gasteiger partial charge in [0.1, 0.15) is 5.75 Å². The van der Waals surface area contributed by atoms with Crippen LogP contribution in [0.4, 0.5) is 5.69 Å². The first-order valence-corrected chi connectivity index (χ1v) is 7.77. The Morgan fingerprint density at radius 1 is 1.43 bits per heavy atom. The van der Waals surface area contributed by atoms with Gasteiger partial charge in [0, 0.05) is 30.7 Å². The van der Waals surface area contributed by atoms with E-state index in [0.717, 1.165) is 24.0 Å². The third kappa shape index (κ3) is 3.72. The molecule has 23 heavy (non-hydrogen) atoms. The molecule has 1 amide bonds. The molecule has 0 spiro atoms. The quantitative estimate of drug-likeness (QED) is 0.927. The number of fused-ring (bicyclic) bond motifs is 1. The second-order valence-corrected chi connectivity index (χ2v) is 5.71. The van der Waals surface area contributed by atoms with E-state index in [1.54, 1.807) is 31.5 Å². The first-order valence-electron chi connectivity index (χ1n) is 7.39. The van der Waals surface area contributed by atoms with Crippen LogP contribution in [0.3, 0.4) is 0 Å². The van der Waals surface area contributed by atoms with Gasteiger partial charge in [-0.3, -0.25) is 14.7 Å². The molecule has 7 heteroatoms. The van der Waals surface area contributed by atoms with E-state index in [0.29, 0.717) is 36.2 Å². The van der Waals surface area contributed by atoms with E-state index >= 15 is 0 Å². The molecule has 2 heterocycles. The fourth-order valence-electron chi connectivity index (χ4n) is 2.56. The second-order valence-electron chi connectivity index (χ2n) is 5.30. The Morgan fingerprint density at radius 3 is 2.96 bits per heavy atom. The lowest BCUT2D eigenvalue weighted by Gasteiger charge is -2.26. The molecule has 0 unspecified atom stereocenters. The number of nitrogens with one attached hydrogen (secondary N) is 1. The molecule has 1 fully saturated rings. The van der Waals surface area contributed by atoms with Crippen molar-refractivity contribution >= 4 is 34.1 Å². The fraction of sp³-hybridized carbons (Fsp3) is 0.375. The molecule has 1 aliphatic heterocycles. The number of pyridine rings is 1. The topological polar surface area (TPSA) is 63.7 Å². The highest BCUT2D eigenvalue weighted by Crippen LogP contribution is 2.32. The number of ether oxygens (including phenoxy) is 2. The molecular weight excluding hydrogens is 318 g/mol. The van der Waals surface area contributed by atoms with Crippen molar-refractivity contribution in [1.29, 1.82) is 0 Å². The van der Waals surface area contributed by atoms with Crippen molar-refractivity contribution < 1.29 is 14.3 Å². The Labute approximate surface area is 139 Å². The van der Waals surface area contributed by atoms with E-state index < -0.39 is 0 Å². The summed E-state index contributed by atoms with van der Waals surface area (Å²) in [6, 6.07) is 5.28. The zero-order valence-corrected chi connectivity index (χ0v) is 13.6. The molecule has 3 rings (SSSR count). The van der Waals surface area contributed by atoms with Crippen LogP contribution in [-0.2, 0) is 9.53 Å². The van der Waals surface area contributed by atoms with Crippen molar-refractivity contribution in [2.45, 2.75) is 0 Å².